The lowest BCUT2D eigenvalue weighted by molar-refractivity contribution is -0.143. The van der Waals surface area contributed by atoms with Crippen LogP contribution in [0, 0.1) is 11.8 Å². The van der Waals surface area contributed by atoms with E-state index in [0.29, 0.717) is 12.8 Å². The fourth-order valence-electron chi connectivity index (χ4n) is 1.70. The normalized spacial score (nSPS) is 33.7. The first-order valence-electron chi connectivity index (χ1n) is 4.04. The molecule has 0 radical (unpaired) electrons. The summed E-state index contributed by atoms with van der Waals surface area (Å²) in [4.78, 5) is 22.4. The number of carbonyl (C=O) groups is 2. The molecule has 0 spiro atoms. The maximum atomic E-state index is 11.2. The number of nitrogens with one attached hydrogen (secondary N) is 2. The standard InChI is InChI=1S/C8H10N2O2/c11-7-5-3-1-2-4-6(5)8(12)10-9-7/h1-2,5-6H,3-4H2,(H,9,11)(H,10,12). The molecule has 1 fully saturated rings. The average molecular weight is 166 g/mol. The van der Waals surface area contributed by atoms with Crippen LogP contribution in [0.15, 0.2) is 12.2 Å². The van der Waals surface area contributed by atoms with E-state index in [2.05, 4.69) is 10.9 Å². The maximum Gasteiger partial charge on any atom is 0.242 e. The fourth-order valence-corrected chi connectivity index (χ4v) is 1.70. The van der Waals surface area contributed by atoms with Gasteiger partial charge < -0.3 is 0 Å². The van der Waals surface area contributed by atoms with E-state index in [4.69, 9.17) is 0 Å². The van der Waals surface area contributed by atoms with Gasteiger partial charge in [-0.2, -0.15) is 0 Å². The highest BCUT2D eigenvalue weighted by molar-refractivity contribution is 5.93. The monoisotopic (exact) mass is 166 g/mol. The summed E-state index contributed by atoms with van der Waals surface area (Å²) in [7, 11) is 0. The van der Waals surface area contributed by atoms with Crippen LogP contribution in [0.1, 0.15) is 12.8 Å². The highest BCUT2D eigenvalue weighted by Crippen LogP contribution is 2.27. The van der Waals surface area contributed by atoms with Gasteiger partial charge in [0.15, 0.2) is 0 Å². The molecule has 1 aliphatic carbocycles. The second kappa shape index (κ2) is 2.62. The minimum Gasteiger partial charge on any atom is -0.273 e. The van der Waals surface area contributed by atoms with E-state index >= 15 is 0 Å². The zero-order chi connectivity index (χ0) is 8.55. The lowest BCUT2D eigenvalue weighted by Crippen LogP contribution is -2.56. The molecule has 0 saturated carbocycles. The molecule has 1 aliphatic heterocycles. The first kappa shape index (κ1) is 7.34. The predicted octanol–water partition coefficient (Wildman–Crippen LogP) is -0.270. The van der Waals surface area contributed by atoms with Gasteiger partial charge >= 0.3 is 0 Å². The molecule has 4 nitrogen and oxygen atoms in total. The van der Waals surface area contributed by atoms with Crippen LogP contribution >= 0.6 is 0 Å². The van der Waals surface area contributed by atoms with Crippen molar-refractivity contribution in [3.8, 4) is 0 Å². The molecule has 2 N–H and O–H groups in total. The van der Waals surface area contributed by atoms with Gasteiger partial charge in [0.2, 0.25) is 11.8 Å². The summed E-state index contributed by atoms with van der Waals surface area (Å²) in [6, 6.07) is 0. The number of hydrogen-bond donors (Lipinski definition) is 2. The second-order valence-electron chi connectivity index (χ2n) is 3.13. The van der Waals surface area contributed by atoms with E-state index < -0.39 is 0 Å². The molecule has 0 aromatic heterocycles. The lowest BCUT2D eigenvalue weighted by Gasteiger charge is -2.31. The van der Waals surface area contributed by atoms with Crippen LogP contribution in [-0.4, -0.2) is 11.8 Å². The summed E-state index contributed by atoms with van der Waals surface area (Å²) in [5.74, 6) is -0.430. The fraction of sp³-hybridized carbons (Fsp3) is 0.500. The summed E-state index contributed by atoms with van der Waals surface area (Å²) >= 11 is 0. The number of amides is 2. The van der Waals surface area contributed by atoms with Gasteiger partial charge in [0.25, 0.3) is 0 Å². The Morgan fingerprint density at radius 2 is 1.42 bits per heavy atom. The molecule has 64 valence electrons. The molecule has 0 aromatic rings. The van der Waals surface area contributed by atoms with Crippen LogP contribution in [0.25, 0.3) is 0 Å². The van der Waals surface area contributed by atoms with Crippen molar-refractivity contribution in [2.75, 3.05) is 0 Å². The number of carbonyl (C=O) groups excluding carboxylic acids is 2. The Bertz CT molecular complexity index is 234. The Morgan fingerprint density at radius 3 is 1.83 bits per heavy atom. The van der Waals surface area contributed by atoms with Crippen molar-refractivity contribution in [2.24, 2.45) is 11.8 Å². The molecule has 2 atom stereocenters. The van der Waals surface area contributed by atoms with Crippen molar-refractivity contribution in [1.29, 1.82) is 0 Å². The smallest absolute Gasteiger partial charge is 0.242 e. The van der Waals surface area contributed by atoms with E-state index in [9.17, 15) is 9.59 Å². The Morgan fingerprint density at radius 1 is 1.00 bits per heavy atom. The van der Waals surface area contributed by atoms with Crippen molar-refractivity contribution in [3.05, 3.63) is 12.2 Å². The van der Waals surface area contributed by atoms with Gasteiger partial charge in [-0.25, -0.2) is 0 Å². The molecule has 2 unspecified atom stereocenters. The van der Waals surface area contributed by atoms with Gasteiger partial charge in [0.1, 0.15) is 0 Å². The summed E-state index contributed by atoms with van der Waals surface area (Å²) < 4.78 is 0. The van der Waals surface area contributed by atoms with Crippen molar-refractivity contribution in [3.63, 3.8) is 0 Å². The van der Waals surface area contributed by atoms with Crippen molar-refractivity contribution in [1.82, 2.24) is 10.9 Å². The highest BCUT2D eigenvalue weighted by Gasteiger charge is 2.37. The van der Waals surface area contributed by atoms with Crippen molar-refractivity contribution < 1.29 is 9.59 Å². The maximum absolute atomic E-state index is 11.2. The molecule has 0 aromatic carbocycles. The topological polar surface area (TPSA) is 58.2 Å². The minimum absolute atomic E-state index is 0.0658. The molecule has 12 heavy (non-hydrogen) atoms. The molecule has 2 aliphatic rings. The Hall–Kier alpha value is -1.32. The second-order valence-corrected chi connectivity index (χ2v) is 3.13. The number of hydrogen-bond acceptors (Lipinski definition) is 2. The third-order valence-electron chi connectivity index (χ3n) is 2.41. The molecule has 4 heteroatoms. The molecule has 1 heterocycles. The number of hydrazine groups is 1. The van der Waals surface area contributed by atoms with E-state index in [1.54, 1.807) is 0 Å². The van der Waals surface area contributed by atoms with Crippen LogP contribution in [0.3, 0.4) is 0 Å². The van der Waals surface area contributed by atoms with Crippen LogP contribution in [0.4, 0.5) is 0 Å². The Labute approximate surface area is 70.0 Å². The quantitative estimate of drug-likeness (QED) is 0.487. The van der Waals surface area contributed by atoms with Crippen molar-refractivity contribution in [2.45, 2.75) is 12.8 Å². The van der Waals surface area contributed by atoms with E-state index in [1.807, 2.05) is 12.2 Å². The van der Waals surface area contributed by atoms with Gasteiger partial charge in [-0.3, -0.25) is 20.4 Å². The summed E-state index contributed by atoms with van der Waals surface area (Å²) in [5.41, 5.74) is 4.72. The third-order valence-corrected chi connectivity index (χ3v) is 2.41. The van der Waals surface area contributed by atoms with Gasteiger partial charge in [-0.05, 0) is 12.8 Å². The lowest BCUT2D eigenvalue weighted by atomic mass is 9.81. The van der Waals surface area contributed by atoms with Crippen LogP contribution in [0.2, 0.25) is 0 Å². The van der Waals surface area contributed by atoms with Gasteiger partial charge in [-0.15, -0.1) is 0 Å². The van der Waals surface area contributed by atoms with Gasteiger partial charge in [0.05, 0.1) is 11.8 Å². The minimum atomic E-state index is -0.149. The molecule has 0 bridgehead atoms. The molecule has 2 rings (SSSR count). The number of rotatable bonds is 0. The van der Waals surface area contributed by atoms with Gasteiger partial charge in [-0.1, -0.05) is 12.2 Å². The zero-order valence-electron chi connectivity index (χ0n) is 6.54. The summed E-state index contributed by atoms with van der Waals surface area (Å²) in [5, 5.41) is 0. The van der Waals surface area contributed by atoms with E-state index in [1.165, 1.54) is 0 Å². The number of fused-ring (bicyclic) bond motifs is 1. The summed E-state index contributed by atoms with van der Waals surface area (Å²) in [6.07, 6.45) is 5.28. The Kier molecular flexibility index (Phi) is 1.60. The molecule has 1 saturated heterocycles. The summed E-state index contributed by atoms with van der Waals surface area (Å²) in [6.45, 7) is 0. The predicted molar refractivity (Wildman–Crippen MR) is 41.6 cm³/mol. The van der Waals surface area contributed by atoms with E-state index in [-0.39, 0.29) is 23.7 Å². The van der Waals surface area contributed by atoms with Gasteiger partial charge in [0, 0.05) is 0 Å². The van der Waals surface area contributed by atoms with Crippen LogP contribution in [-0.2, 0) is 9.59 Å². The van der Waals surface area contributed by atoms with Crippen LogP contribution in [0.5, 0.6) is 0 Å². The van der Waals surface area contributed by atoms with E-state index in [0.717, 1.165) is 0 Å². The first-order valence-corrected chi connectivity index (χ1v) is 4.04. The van der Waals surface area contributed by atoms with Crippen LogP contribution < -0.4 is 10.9 Å². The SMILES string of the molecule is O=C1NNC(=O)C2CC=CCC12. The first-order chi connectivity index (χ1) is 5.79. The van der Waals surface area contributed by atoms with Crippen molar-refractivity contribution >= 4 is 11.8 Å². The molecular weight excluding hydrogens is 156 g/mol. The molecule has 2 amide bonds. The molecular formula is C8H10N2O2. The number of allylic oxidation sites excluding steroid dienone is 2. The highest BCUT2D eigenvalue weighted by atomic mass is 16.2. The third kappa shape index (κ3) is 0.995. The Balaban J connectivity index is 2.23. The zero-order valence-corrected chi connectivity index (χ0v) is 6.54. The largest absolute Gasteiger partial charge is 0.273 e. The average Bonchev–Trinajstić information content (AvgIpc) is 2.12.